The zero-order valence-corrected chi connectivity index (χ0v) is 14.7. The Balaban J connectivity index is 1.62. The minimum absolute atomic E-state index is 0.213. The maximum absolute atomic E-state index is 12.5. The van der Waals surface area contributed by atoms with Gasteiger partial charge < -0.3 is 4.74 Å². The van der Waals surface area contributed by atoms with E-state index in [9.17, 15) is 8.42 Å². The largest absolute Gasteiger partial charge is 0.493 e. The summed E-state index contributed by atoms with van der Waals surface area (Å²) in [6.07, 6.45) is 3.25. The summed E-state index contributed by atoms with van der Waals surface area (Å²) in [4.78, 5) is 2.72. The molecule has 23 heavy (non-hydrogen) atoms. The van der Waals surface area contributed by atoms with Crippen molar-refractivity contribution in [2.75, 3.05) is 26.2 Å². The summed E-state index contributed by atoms with van der Waals surface area (Å²) in [5, 5.41) is 0. The number of piperidine rings is 1. The van der Waals surface area contributed by atoms with Gasteiger partial charge in [0.1, 0.15) is 5.75 Å². The van der Waals surface area contributed by atoms with E-state index in [-0.39, 0.29) is 6.04 Å². The first-order valence-electron chi connectivity index (χ1n) is 8.45. The maximum atomic E-state index is 12.5. The monoisotopic (exact) mass is 338 g/mol. The summed E-state index contributed by atoms with van der Waals surface area (Å²) < 4.78 is 33.2. The van der Waals surface area contributed by atoms with E-state index in [1.165, 1.54) is 12.8 Å². The fourth-order valence-corrected chi connectivity index (χ4v) is 4.57. The van der Waals surface area contributed by atoms with E-state index in [0.29, 0.717) is 24.0 Å². The van der Waals surface area contributed by atoms with E-state index in [4.69, 9.17) is 4.74 Å². The Bertz CT molecular complexity index is 660. The molecule has 0 saturated carbocycles. The van der Waals surface area contributed by atoms with Gasteiger partial charge in [0, 0.05) is 25.6 Å². The summed E-state index contributed by atoms with van der Waals surface area (Å²) in [6, 6.07) is 5.33. The topological polar surface area (TPSA) is 58.6 Å². The van der Waals surface area contributed by atoms with E-state index in [0.717, 1.165) is 30.8 Å². The van der Waals surface area contributed by atoms with E-state index in [1.807, 2.05) is 0 Å². The van der Waals surface area contributed by atoms with Gasteiger partial charge in [-0.25, -0.2) is 13.1 Å². The van der Waals surface area contributed by atoms with Gasteiger partial charge in [0.2, 0.25) is 10.0 Å². The lowest BCUT2D eigenvalue weighted by molar-refractivity contribution is 0.140. The number of likely N-dealkylation sites (tertiary alicyclic amines) is 1. The molecule has 1 N–H and O–H groups in total. The van der Waals surface area contributed by atoms with Crippen LogP contribution in [0.25, 0.3) is 0 Å². The molecule has 128 valence electrons. The van der Waals surface area contributed by atoms with Crippen LogP contribution >= 0.6 is 0 Å². The van der Waals surface area contributed by atoms with Crippen LogP contribution in [0.3, 0.4) is 0 Å². The fourth-order valence-electron chi connectivity index (χ4n) is 3.40. The quantitative estimate of drug-likeness (QED) is 0.892. The zero-order valence-electron chi connectivity index (χ0n) is 13.9. The molecule has 0 aliphatic carbocycles. The zero-order chi connectivity index (χ0) is 16.4. The molecular formula is C17H26N2O3S. The molecule has 2 heterocycles. The second-order valence-electron chi connectivity index (χ2n) is 6.81. The molecule has 1 aromatic rings. The predicted octanol–water partition coefficient (Wildman–Crippen LogP) is 2.02. The molecule has 1 aromatic carbocycles. The van der Waals surface area contributed by atoms with Gasteiger partial charge in [0.05, 0.1) is 11.5 Å². The molecule has 2 aliphatic heterocycles. The van der Waals surface area contributed by atoms with Gasteiger partial charge in [-0.05, 0) is 56.0 Å². The highest BCUT2D eigenvalue weighted by Crippen LogP contribution is 2.27. The van der Waals surface area contributed by atoms with Crippen LogP contribution in [0.1, 0.15) is 32.3 Å². The van der Waals surface area contributed by atoms with Crippen LogP contribution in [0.5, 0.6) is 5.75 Å². The third-order valence-electron chi connectivity index (χ3n) is 4.85. The molecule has 1 fully saturated rings. The van der Waals surface area contributed by atoms with E-state index in [1.54, 1.807) is 18.2 Å². The first kappa shape index (κ1) is 16.7. The molecule has 5 nitrogen and oxygen atoms in total. The van der Waals surface area contributed by atoms with Crippen LogP contribution in [0, 0.1) is 5.92 Å². The van der Waals surface area contributed by atoms with Crippen molar-refractivity contribution in [1.82, 2.24) is 9.62 Å². The highest BCUT2D eigenvalue weighted by atomic mass is 32.2. The molecule has 0 bridgehead atoms. The minimum atomic E-state index is -3.46. The van der Waals surface area contributed by atoms with Crippen molar-refractivity contribution in [2.45, 2.75) is 44.0 Å². The number of sulfonamides is 1. The van der Waals surface area contributed by atoms with Gasteiger partial charge in [0.25, 0.3) is 0 Å². The van der Waals surface area contributed by atoms with Gasteiger partial charge in [-0.2, -0.15) is 0 Å². The lowest BCUT2D eigenvalue weighted by Crippen LogP contribution is -2.46. The van der Waals surface area contributed by atoms with Crippen molar-refractivity contribution < 1.29 is 13.2 Å². The van der Waals surface area contributed by atoms with Gasteiger partial charge in [0.15, 0.2) is 0 Å². The summed E-state index contributed by atoms with van der Waals surface area (Å²) in [7, 11) is -3.46. The number of fused-ring (bicyclic) bond motifs is 1. The molecule has 0 amide bonds. The number of rotatable bonds is 5. The predicted molar refractivity (Wildman–Crippen MR) is 90.3 cm³/mol. The minimum Gasteiger partial charge on any atom is -0.493 e. The van der Waals surface area contributed by atoms with E-state index < -0.39 is 10.0 Å². The Morgan fingerprint density at radius 1 is 1.43 bits per heavy atom. The van der Waals surface area contributed by atoms with Gasteiger partial charge >= 0.3 is 0 Å². The second-order valence-corrected chi connectivity index (χ2v) is 8.58. The summed E-state index contributed by atoms with van der Waals surface area (Å²) in [6.45, 7) is 7.55. The number of hydrogen-bond acceptors (Lipinski definition) is 4. The van der Waals surface area contributed by atoms with Crippen LogP contribution in [-0.4, -0.2) is 45.6 Å². The van der Waals surface area contributed by atoms with Crippen LogP contribution in [0.2, 0.25) is 0 Å². The van der Waals surface area contributed by atoms with Crippen LogP contribution < -0.4 is 9.46 Å². The van der Waals surface area contributed by atoms with Crippen molar-refractivity contribution in [3.05, 3.63) is 23.8 Å². The van der Waals surface area contributed by atoms with Crippen LogP contribution in [0.15, 0.2) is 23.1 Å². The Morgan fingerprint density at radius 3 is 3.04 bits per heavy atom. The molecule has 2 aliphatic rings. The molecule has 0 aromatic heterocycles. The summed E-state index contributed by atoms with van der Waals surface area (Å²) in [5.74, 6) is 1.50. The summed E-state index contributed by atoms with van der Waals surface area (Å²) >= 11 is 0. The number of ether oxygens (including phenoxy) is 1. The van der Waals surface area contributed by atoms with Crippen LogP contribution in [-0.2, 0) is 16.4 Å². The van der Waals surface area contributed by atoms with E-state index in [2.05, 4.69) is 23.5 Å². The standard InChI is InChI=1S/C17H26N2O3S/c1-13-4-3-8-19(12-13)14(2)11-18-23(20,21)16-5-6-17-15(10-16)7-9-22-17/h5-6,10,13-14,18H,3-4,7-9,11-12H2,1-2H3/t13-,14+/m1/s1. The van der Waals surface area contributed by atoms with Gasteiger partial charge in [-0.15, -0.1) is 0 Å². The molecule has 0 radical (unpaired) electrons. The van der Waals surface area contributed by atoms with Gasteiger partial charge in [-0.3, -0.25) is 4.90 Å². The Labute approximate surface area is 139 Å². The molecule has 0 spiro atoms. The lowest BCUT2D eigenvalue weighted by Gasteiger charge is -2.35. The van der Waals surface area contributed by atoms with Crippen molar-refractivity contribution in [1.29, 1.82) is 0 Å². The third kappa shape index (κ3) is 3.87. The van der Waals surface area contributed by atoms with Crippen molar-refractivity contribution in [3.8, 4) is 5.75 Å². The number of nitrogens with one attached hydrogen (secondary N) is 1. The molecule has 2 atom stereocenters. The average Bonchev–Trinajstić information content (AvgIpc) is 3.00. The SMILES string of the molecule is C[C@@H]1CCCN([C@@H](C)CNS(=O)(=O)c2ccc3c(c2)CCO3)C1. The Kier molecular flexibility index (Phi) is 4.94. The first-order valence-corrected chi connectivity index (χ1v) is 9.93. The third-order valence-corrected chi connectivity index (χ3v) is 6.27. The number of hydrogen-bond donors (Lipinski definition) is 1. The summed E-state index contributed by atoms with van der Waals surface area (Å²) in [5.41, 5.74) is 0.978. The highest BCUT2D eigenvalue weighted by Gasteiger charge is 2.24. The molecule has 1 saturated heterocycles. The molecule has 0 unspecified atom stereocenters. The van der Waals surface area contributed by atoms with Crippen molar-refractivity contribution in [3.63, 3.8) is 0 Å². The number of nitrogens with zero attached hydrogens (tertiary/aromatic N) is 1. The van der Waals surface area contributed by atoms with Crippen LogP contribution in [0.4, 0.5) is 0 Å². The van der Waals surface area contributed by atoms with Crippen molar-refractivity contribution in [2.24, 2.45) is 5.92 Å². The lowest BCUT2D eigenvalue weighted by atomic mass is 9.99. The number of benzene rings is 1. The highest BCUT2D eigenvalue weighted by molar-refractivity contribution is 7.89. The van der Waals surface area contributed by atoms with Crippen molar-refractivity contribution >= 4 is 10.0 Å². The fraction of sp³-hybridized carbons (Fsp3) is 0.647. The molecular weight excluding hydrogens is 312 g/mol. The Hall–Kier alpha value is -1.11. The Morgan fingerprint density at radius 2 is 2.26 bits per heavy atom. The molecule has 3 rings (SSSR count). The average molecular weight is 338 g/mol. The second kappa shape index (κ2) is 6.79. The smallest absolute Gasteiger partial charge is 0.240 e. The normalized spacial score (nSPS) is 23.3. The first-order chi connectivity index (χ1) is 11.0. The molecule has 6 heteroatoms. The maximum Gasteiger partial charge on any atom is 0.240 e. The van der Waals surface area contributed by atoms with Gasteiger partial charge in [-0.1, -0.05) is 6.92 Å². The van der Waals surface area contributed by atoms with E-state index >= 15 is 0 Å².